The average molecular weight is 358 g/mol. The third-order valence-corrected chi connectivity index (χ3v) is 5.13. The number of fused-ring (bicyclic) bond motifs is 1. The van der Waals surface area contributed by atoms with Gasteiger partial charge in [0.1, 0.15) is 11.6 Å². The van der Waals surface area contributed by atoms with Gasteiger partial charge in [0.2, 0.25) is 5.91 Å². The number of hydrogen-bond acceptors (Lipinski definition) is 3. The molecule has 2 aliphatic rings. The van der Waals surface area contributed by atoms with Crippen LogP contribution in [0.25, 0.3) is 0 Å². The number of aryl methyl sites for hydroxylation is 1. The van der Waals surface area contributed by atoms with E-state index >= 15 is 0 Å². The Morgan fingerprint density at radius 3 is 2.69 bits per heavy atom. The van der Waals surface area contributed by atoms with Crippen LogP contribution in [0.15, 0.2) is 24.3 Å². The number of rotatable bonds is 2. The maximum Gasteiger partial charge on any atom is 0.410 e. The van der Waals surface area contributed by atoms with Gasteiger partial charge < -0.3 is 10.1 Å². The van der Waals surface area contributed by atoms with Crippen LogP contribution in [0.4, 0.5) is 4.79 Å². The number of nitrogens with one attached hydrogen (secondary N) is 1. The van der Waals surface area contributed by atoms with Gasteiger partial charge in [-0.25, -0.2) is 4.79 Å². The van der Waals surface area contributed by atoms with Gasteiger partial charge in [-0.2, -0.15) is 0 Å². The lowest BCUT2D eigenvalue weighted by atomic mass is 9.87. The summed E-state index contributed by atoms with van der Waals surface area (Å²) in [6.07, 6.45) is 3.36. The Balaban J connectivity index is 1.71. The van der Waals surface area contributed by atoms with Gasteiger partial charge in [-0.15, -0.1) is 0 Å². The van der Waals surface area contributed by atoms with Crippen LogP contribution in [0.5, 0.6) is 0 Å². The number of hydrogen-bond donors (Lipinski definition) is 1. The summed E-state index contributed by atoms with van der Waals surface area (Å²) in [6.45, 7) is 8.17. The first-order chi connectivity index (χ1) is 12.2. The fourth-order valence-electron chi connectivity index (χ4n) is 3.99. The van der Waals surface area contributed by atoms with E-state index in [1.807, 2.05) is 32.9 Å². The van der Waals surface area contributed by atoms with E-state index in [2.05, 4.69) is 24.4 Å². The molecule has 1 fully saturated rings. The Morgan fingerprint density at radius 2 is 1.96 bits per heavy atom. The molecule has 0 spiro atoms. The Hall–Kier alpha value is -2.04. The molecule has 1 heterocycles. The van der Waals surface area contributed by atoms with Gasteiger partial charge in [0.15, 0.2) is 0 Å². The summed E-state index contributed by atoms with van der Waals surface area (Å²) in [6, 6.07) is 7.89. The lowest BCUT2D eigenvalue weighted by Crippen LogP contribution is -2.48. The molecule has 1 N–H and O–H groups in total. The van der Waals surface area contributed by atoms with E-state index in [-0.39, 0.29) is 17.9 Å². The van der Waals surface area contributed by atoms with E-state index in [9.17, 15) is 9.59 Å². The van der Waals surface area contributed by atoms with E-state index in [4.69, 9.17) is 4.74 Å². The van der Waals surface area contributed by atoms with Crippen molar-refractivity contribution in [2.75, 3.05) is 6.54 Å². The number of carbonyl (C=O) groups excluding carboxylic acids is 2. The molecule has 3 rings (SSSR count). The van der Waals surface area contributed by atoms with E-state index in [0.29, 0.717) is 13.0 Å². The minimum absolute atomic E-state index is 0.0313. The minimum Gasteiger partial charge on any atom is -0.444 e. The van der Waals surface area contributed by atoms with Crippen molar-refractivity contribution in [1.82, 2.24) is 10.2 Å². The highest BCUT2D eigenvalue weighted by Crippen LogP contribution is 2.31. The molecule has 1 aromatic carbocycles. The zero-order chi connectivity index (χ0) is 18.9. The van der Waals surface area contributed by atoms with Crippen molar-refractivity contribution in [3.8, 4) is 0 Å². The number of ether oxygens (including phenoxy) is 1. The average Bonchev–Trinajstić information content (AvgIpc) is 2.96. The zero-order valence-corrected chi connectivity index (χ0v) is 16.2. The van der Waals surface area contributed by atoms with Gasteiger partial charge in [-0.05, 0) is 63.5 Å². The number of nitrogens with zero attached hydrogens (tertiary/aromatic N) is 1. The van der Waals surface area contributed by atoms with Crippen molar-refractivity contribution in [1.29, 1.82) is 0 Å². The second kappa shape index (κ2) is 7.29. The zero-order valence-electron chi connectivity index (χ0n) is 16.2. The van der Waals surface area contributed by atoms with Crippen molar-refractivity contribution in [3.05, 3.63) is 35.4 Å². The van der Waals surface area contributed by atoms with Crippen molar-refractivity contribution >= 4 is 12.0 Å². The fourth-order valence-corrected chi connectivity index (χ4v) is 3.99. The van der Waals surface area contributed by atoms with E-state index < -0.39 is 17.7 Å². The van der Waals surface area contributed by atoms with Gasteiger partial charge in [0, 0.05) is 6.54 Å². The molecule has 2 amide bonds. The third-order valence-electron chi connectivity index (χ3n) is 5.13. The van der Waals surface area contributed by atoms with Crippen LogP contribution in [-0.2, 0) is 16.0 Å². The molecule has 1 saturated heterocycles. The number of benzene rings is 1. The summed E-state index contributed by atoms with van der Waals surface area (Å²) in [5, 5.41) is 3.20. The highest BCUT2D eigenvalue weighted by molar-refractivity contribution is 5.86. The van der Waals surface area contributed by atoms with Crippen molar-refractivity contribution in [2.24, 2.45) is 5.92 Å². The smallest absolute Gasteiger partial charge is 0.410 e. The molecule has 5 heteroatoms. The van der Waals surface area contributed by atoms with Crippen molar-refractivity contribution < 1.29 is 14.3 Å². The van der Waals surface area contributed by atoms with Crippen LogP contribution in [0.1, 0.15) is 64.1 Å². The molecular formula is C21H30N2O3. The summed E-state index contributed by atoms with van der Waals surface area (Å²) in [4.78, 5) is 27.1. The second-order valence-electron chi connectivity index (χ2n) is 8.64. The van der Waals surface area contributed by atoms with Crippen LogP contribution in [0, 0.1) is 5.92 Å². The molecule has 0 aromatic heterocycles. The normalized spacial score (nSPS) is 25.5. The largest absolute Gasteiger partial charge is 0.444 e. The third kappa shape index (κ3) is 4.19. The second-order valence-corrected chi connectivity index (χ2v) is 8.64. The molecule has 142 valence electrons. The highest BCUT2D eigenvalue weighted by atomic mass is 16.6. The number of likely N-dealkylation sites (tertiary alicyclic amines) is 1. The van der Waals surface area contributed by atoms with Crippen LogP contribution >= 0.6 is 0 Å². The summed E-state index contributed by atoms with van der Waals surface area (Å²) in [7, 11) is 0. The van der Waals surface area contributed by atoms with Crippen molar-refractivity contribution in [2.45, 2.75) is 71.1 Å². The lowest BCUT2D eigenvalue weighted by molar-refractivity contribution is -0.126. The van der Waals surface area contributed by atoms with Gasteiger partial charge in [0.25, 0.3) is 0 Å². The Bertz CT molecular complexity index is 680. The SMILES string of the molecule is C[C@H]1C[C@@H](C(=O)N[C@@H]2CCCc3ccccc32)N(C(=O)OC(C)(C)C)C1. The van der Waals surface area contributed by atoms with Crippen LogP contribution in [0.2, 0.25) is 0 Å². The Labute approximate surface area is 156 Å². The molecule has 1 aromatic rings. The highest BCUT2D eigenvalue weighted by Gasteiger charge is 2.40. The van der Waals surface area contributed by atoms with Crippen molar-refractivity contribution in [3.63, 3.8) is 0 Å². The molecule has 0 saturated carbocycles. The van der Waals surface area contributed by atoms with E-state index in [1.54, 1.807) is 4.90 Å². The first-order valence-corrected chi connectivity index (χ1v) is 9.62. The Kier molecular flexibility index (Phi) is 5.26. The van der Waals surface area contributed by atoms with Gasteiger partial charge >= 0.3 is 6.09 Å². The van der Waals surface area contributed by atoms with Gasteiger partial charge in [-0.1, -0.05) is 31.2 Å². The summed E-state index contributed by atoms with van der Waals surface area (Å²) < 4.78 is 5.50. The molecule has 1 aliphatic heterocycles. The first-order valence-electron chi connectivity index (χ1n) is 9.62. The molecule has 0 unspecified atom stereocenters. The summed E-state index contributed by atoms with van der Waals surface area (Å²) in [5.41, 5.74) is 1.96. The lowest BCUT2D eigenvalue weighted by Gasteiger charge is -2.31. The van der Waals surface area contributed by atoms with Crippen LogP contribution in [0.3, 0.4) is 0 Å². The van der Waals surface area contributed by atoms with Gasteiger partial charge in [0.05, 0.1) is 6.04 Å². The molecule has 1 aliphatic carbocycles. The van der Waals surface area contributed by atoms with E-state index in [0.717, 1.165) is 19.3 Å². The number of carbonyl (C=O) groups is 2. The predicted molar refractivity (Wildman–Crippen MR) is 101 cm³/mol. The Morgan fingerprint density at radius 1 is 1.23 bits per heavy atom. The fraction of sp³-hybridized carbons (Fsp3) is 0.619. The summed E-state index contributed by atoms with van der Waals surface area (Å²) in [5.74, 6) is 0.221. The molecule has 0 radical (unpaired) electrons. The molecule has 5 nitrogen and oxygen atoms in total. The standard InChI is InChI=1S/C21H30N2O3/c1-14-12-18(23(13-14)20(25)26-21(2,3)4)19(24)22-17-11-7-9-15-8-5-6-10-16(15)17/h5-6,8,10,14,17-18H,7,9,11-13H2,1-4H3,(H,22,24)/t14-,17+,18-/m0/s1. The van der Waals surface area contributed by atoms with Crippen LogP contribution in [-0.4, -0.2) is 35.1 Å². The molecular weight excluding hydrogens is 328 g/mol. The molecule has 0 bridgehead atoms. The molecule has 26 heavy (non-hydrogen) atoms. The minimum atomic E-state index is -0.563. The number of amides is 2. The van der Waals surface area contributed by atoms with E-state index in [1.165, 1.54) is 11.1 Å². The molecule has 3 atom stereocenters. The van der Waals surface area contributed by atoms with Gasteiger partial charge in [-0.3, -0.25) is 9.69 Å². The topological polar surface area (TPSA) is 58.6 Å². The summed E-state index contributed by atoms with van der Waals surface area (Å²) >= 11 is 0. The maximum absolute atomic E-state index is 13.0. The predicted octanol–water partition coefficient (Wildman–Crippen LogP) is 3.83. The first kappa shape index (κ1) is 18.7. The van der Waals surface area contributed by atoms with Crippen LogP contribution < -0.4 is 5.32 Å². The quantitative estimate of drug-likeness (QED) is 0.874. The monoisotopic (exact) mass is 358 g/mol. The maximum atomic E-state index is 13.0.